The minimum atomic E-state index is -0.427. The molecule has 0 unspecified atom stereocenters. The van der Waals surface area contributed by atoms with Gasteiger partial charge in [0.05, 0.1) is 11.2 Å². The summed E-state index contributed by atoms with van der Waals surface area (Å²) in [6, 6.07) is 12.2. The second kappa shape index (κ2) is 11.7. The highest BCUT2D eigenvalue weighted by atomic mass is 16.7. The van der Waals surface area contributed by atoms with Gasteiger partial charge in [-0.05, 0) is 95.2 Å². The second-order valence-electron chi connectivity index (χ2n) is 10.1. The van der Waals surface area contributed by atoms with Gasteiger partial charge in [-0.1, -0.05) is 54.6 Å². The molecular formula is C30H38BNO4. The zero-order chi connectivity index (χ0) is 27.3. The summed E-state index contributed by atoms with van der Waals surface area (Å²) in [6.07, 6.45) is 5.27. The van der Waals surface area contributed by atoms with E-state index in [2.05, 4.69) is 64.7 Å². The molecule has 0 saturated carbocycles. The second-order valence-corrected chi connectivity index (χ2v) is 10.1. The number of nitrogens with one attached hydrogen (secondary N) is 1. The highest BCUT2D eigenvalue weighted by Gasteiger charge is 2.52. The largest absolute Gasteiger partial charge is 0.495 e. The van der Waals surface area contributed by atoms with Crippen molar-refractivity contribution in [1.29, 1.82) is 0 Å². The van der Waals surface area contributed by atoms with E-state index < -0.39 is 18.3 Å². The molecule has 1 N–H and O–H groups in total. The van der Waals surface area contributed by atoms with Crippen LogP contribution >= 0.6 is 0 Å². The van der Waals surface area contributed by atoms with Crippen molar-refractivity contribution in [3.63, 3.8) is 0 Å². The van der Waals surface area contributed by atoms with Crippen LogP contribution < -0.4 is 10.8 Å². The van der Waals surface area contributed by atoms with Gasteiger partial charge in [0.25, 0.3) is 5.91 Å². The Hall–Kier alpha value is -3.22. The Morgan fingerprint density at radius 3 is 1.94 bits per heavy atom. The van der Waals surface area contributed by atoms with Gasteiger partial charge in [-0.2, -0.15) is 0 Å². The quantitative estimate of drug-likeness (QED) is 0.304. The third-order valence-electron chi connectivity index (χ3n) is 6.83. The fourth-order valence-corrected chi connectivity index (χ4v) is 3.92. The molecule has 1 aliphatic rings. The fourth-order valence-electron chi connectivity index (χ4n) is 3.92. The molecule has 0 radical (unpaired) electrons. The number of allylic oxidation sites excluding steroid dienone is 3. The lowest BCUT2D eigenvalue weighted by atomic mass is 9.74. The number of carbonyl (C=O) groups excluding carboxylic acids is 2. The summed E-state index contributed by atoms with van der Waals surface area (Å²) < 4.78 is 12.6. The van der Waals surface area contributed by atoms with Gasteiger partial charge in [0.2, 0.25) is 0 Å². The van der Waals surface area contributed by atoms with Crippen LogP contribution in [0.4, 0.5) is 5.69 Å². The van der Waals surface area contributed by atoms with Crippen molar-refractivity contribution in [3.05, 3.63) is 83.5 Å². The minimum Gasteiger partial charge on any atom is -0.399 e. The number of anilines is 1. The van der Waals surface area contributed by atoms with Crippen LogP contribution in [0.1, 0.15) is 52.7 Å². The third kappa shape index (κ3) is 6.12. The van der Waals surface area contributed by atoms with Crippen molar-refractivity contribution >= 4 is 31.0 Å². The fraction of sp³-hybridized carbons (Fsp3) is 0.333. The molecule has 6 heteroatoms. The Balaban J connectivity index is 0.00000222. The maximum Gasteiger partial charge on any atom is 0.495 e. The van der Waals surface area contributed by atoms with Gasteiger partial charge in [0.1, 0.15) is 6.79 Å². The SMILES string of the molecule is C=C/C(=C\C=C(C)C)C(=O)Nc1cccc(-c2cccc(B3OC(C)(C)C(C)(C)O3)c2C)c1C.C=O. The molecule has 0 aromatic heterocycles. The van der Waals surface area contributed by atoms with E-state index in [0.717, 1.165) is 39.0 Å². The van der Waals surface area contributed by atoms with Gasteiger partial charge >= 0.3 is 7.12 Å². The summed E-state index contributed by atoms with van der Waals surface area (Å²) in [5.74, 6) is -0.185. The zero-order valence-electron chi connectivity index (χ0n) is 22.8. The number of carbonyl (C=O) groups is 2. The predicted octanol–water partition coefficient (Wildman–Crippen LogP) is 6.10. The molecule has 2 aromatic rings. The molecule has 3 rings (SSSR count). The van der Waals surface area contributed by atoms with Crippen LogP contribution in [0.5, 0.6) is 0 Å². The molecule has 1 fully saturated rings. The topological polar surface area (TPSA) is 64.6 Å². The Kier molecular flexibility index (Phi) is 9.41. The first-order chi connectivity index (χ1) is 16.9. The van der Waals surface area contributed by atoms with Crippen LogP contribution in [0.2, 0.25) is 0 Å². The van der Waals surface area contributed by atoms with Crippen LogP contribution in [0.25, 0.3) is 11.1 Å². The van der Waals surface area contributed by atoms with E-state index in [9.17, 15) is 4.79 Å². The molecule has 0 bridgehead atoms. The summed E-state index contributed by atoms with van der Waals surface area (Å²) in [4.78, 5) is 20.9. The molecule has 36 heavy (non-hydrogen) atoms. The summed E-state index contributed by atoms with van der Waals surface area (Å²) in [7, 11) is -0.427. The van der Waals surface area contributed by atoms with E-state index in [1.54, 1.807) is 12.2 Å². The van der Waals surface area contributed by atoms with Crippen LogP contribution in [0.3, 0.4) is 0 Å². The van der Waals surface area contributed by atoms with Gasteiger partial charge < -0.3 is 19.4 Å². The normalized spacial score (nSPS) is 16.0. The van der Waals surface area contributed by atoms with Gasteiger partial charge in [-0.3, -0.25) is 4.79 Å². The number of rotatable bonds is 6. The van der Waals surface area contributed by atoms with Crippen molar-refractivity contribution in [2.75, 3.05) is 5.32 Å². The molecule has 1 saturated heterocycles. The summed E-state index contributed by atoms with van der Waals surface area (Å²) >= 11 is 0. The average Bonchev–Trinajstić information content (AvgIpc) is 3.03. The number of amides is 1. The van der Waals surface area contributed by atoms with Crippen LogP contribution in [0, 0.1) is 13.8 Å². The number of hydrogen-bond acceptors (Lipinski definition) is 4. The van der Waals surface area contributed by atoms with Gasteiger partial charge in [0, 0.05) is 11.3 Å². The summed E-state index contributed by atoms with van der Waals surface area (Å²) in [6.45, 7) is 22.1. The van der Waals surface area contributed by atoms with Crippen molar-refractivity contribution in [2.45, 2.75) is 66.6 Å². The maximum absolute atomic E-state index is 12.9. The predicted molar refractivity (Wildman–Crippen MR) is 151 cm³/mol. The molecular weight excluding hydrogens is 449 g/mol. The molecule has 190 valence electrons. The van der Waals surface area contributed by atoms with E-state index in [0.29, 0.717) is 5.57 Å². The van der Waals surface area contributed by atoms with Crippen LogP contribution in [0.15, 0.2) is 72.4 Å². The summed E-state index contributed by atoms with van der Waals surface area (Å²) in [5.41, 5.74) is 6.86. The van der Waals surface area contributed by atoms with E-state index >= 15 is 0 Å². The van der Waals surface area contributed by atoms with E-state index in [1.807, 2.05) is 51.8 Å². The lowest BCUT2D eigenvalue weighted by molar-refractivity contribution is -0.112. The first-order valence-electron chi connectivity index (χ1n) is 12.0. The molecule has 0 aliphatic carbocycles. The molecule has 2 aromatic carbocycles. The molecule has 1 amide bonds. The van der Waals surface area contributed by atoms with Crippen molar-refractivity contribution in [3.8, 4) is 11.1 Å². The van der Waals surface area contributed by atoms with Crippen molar-refractivity contribution < 1.29 is 18.9 Å². The lowest BCUT2D eigenvalue weighted by Gasteiger charge is -2.32. The Labute approximate surface area is 216 Å². The smallest absolute Gasteiger partial charge is 0.399 e. The molecule has 5 nitrogen and oxygen atoms in total. The Morgan fingerprint density at radius 1 is 0.889 bits per heavy atom. The minimum absolute atomic E-state index is 0.185. The Morgan fingerprint density at radius 2 is 1.42 bits per heavy atom. The molecule has 0 atom stereocenters. The van der Waals surface area contributed by atoms with Crippen molar-refractivity contribution in [2.24, 2.45) is 0 Å². The zero-order valence-corrected chi connectivity index (χ0v) is 22.8. The lowest BCUT2D eigenvalue weighted by Crippen LogP contribution is -2.41. The highest BCUT2D eigenvalue weighted by Crippen LogP contribution is 2.37. The molecule has 0 spiro atoms. The maximum atomic E-state index is 12.9. The van der Waals surface area contributed by atoms with Crippen LogP contribution in [-0.2, 0) is 18.9 Å². The molecule has 1 heterocycles. The van der Waals surface area contributed by atoms with Crippen molar-refractivity contribution in [1.82, 2.24) is 0 Å². The standard InChI is InChI=1S/C29H36BNO3.CH2O/c1-10-22(18-17-19(2)3)27(32)31-26-16-12-14-24(21(26)5)23-13-11-15-25(20(23)4)30-33-28(6,7)29(8,9)34-30;1-2/h10-18H,1H2,2-9H3,(H,31,32);1H2/b22-18+;. The first kappa shape index (κ1) is 29.0. The Bertz CT molecular complexity index is 1170. The van der Waals surface area contributed by atoms with E-state index in [1.165, 1.54) is 0 Å². The molecule has 1 aliphatic heterocycles. The van der Waals surface area contributed by atoms with Crippen LogP contribution in [-0.4, -0.2) is 31.0 Å². The highest BCUT2D eigenvalue weighted by molar-refractivity contribution is 6.62. The van der Waals surface area contributed by atoms with E-state index in [-0.39, 0.29) is 5.91 Å². The number of benzene rings is 2. The number of hydrogen-bond donors (Lipinski definition) is 1. The third-order valence-corrected chi connectivity index (χ3v) is 6.83. The monoisotopic (exact) mass is 487 g/mol. The van der Waals surface area contributed by atoms with Gasteiger partial charge in [0.15, 0.2) is 0 Å². The van der Waals surface area contributed by atoms with E-state index in [4.69, 9.17) is 14.1 Å². The van der Waals surface area contributed by atoms with Gasteiger partial charge in [-0.25, -0.2) is 0 Å². The average molecular weight is 487 g/mol. The van der Waals surface area contributed by atoms with Gasteiger partial charge in [-0.15, -0.1) is 0 Å². The first-order valence-corrected chi connectivity index (χ1v) is 12.0. The summed E-state index contributed by atoms with van der Waals surface area (Å²) in [5, 5.41) is 3.05.